The van der Waals surface area contributed by atoms with Crippen molar-refractivity contribution in [3.63, 3.8) is 0 Å². The molecular formula is C19H22F3N2O+. The van der Waals surface area contributed by atoms with Gasteiger partial charge in [-0.05, 0) is 11.6 Å². The van der Waals surface area contributed by atoms with Gasteiger partial charge in [-0.2, -0.15) is 13.2 Å². The molecule has 0 aromatic heterocycles. The Hall–Kier alpha value is -2.34. The lowest BCUT2D eigenvalue weighted by Crippen LogP contribution is -3.07. The first kappa shape index (κ1) is 19.0. The number of carbonyl (C=O) groups excluding carboxylic acids is 1. The fourth-order valence-corrected chi connectivity index (χ4v) is 2.66. The van der Waals surface area contributed by atoms with E-state index in [0.29, 0.717) is 12.1 Å². The van der Waals surface area contributed by atoms with Crippen molar-refractivity contribution in [1.82, 2.24) is 5.32 Å². The maximum atomic E-state index is 12.7. The normalized spacial score (nSPS) is 12.9. The molecule has 2 aromatic carbocycles. The summed E-state index contributed by atoms with van der Waals surface area (Å²) in [7, 11) is 3.99. The summed E-state index contributed by atoms with van der Waals surface area (Å²) >= 11 is 0. The van der Waals surface area contributed by atoms with Crippen molar-refractivity contribution in [1.29, 1.82) is 0 Å². The maximum Gasteiger partial charge on any atom is 0.416 e. The second-order valence-corrected chi connectivity index (χ2v) is 6.22. The van der Waals surface area contributed by atoms with Gasteiger partial charge in [0.15, 0.2) is 0 Å². The van der Waals surface area contributed by atoms with E-state index in [-0.39, 0.29) is 18.4 Å². The summed E-state index contributed by atoms with van der Waals surface area (Å²) in [6.45, 7) is 0.421. The van der Waals surface area contributed by atoms with E-state index in [1.807, 2.05) is 44.4 Å². The molecule has 1 amide bonds. The molecule has 3 nitrogen and oxygen atoms in total. The van der Waals surface area contributed by atoms with E-state index in [1.54, 1.807) is 0 Å². The van der Waals surface area contributed by atoms with Gasteiger partial charge in [0.1, 0.15) is 6.04 Å². The molecule has 0 heterocycles. The smallest absolute Gasteiger partial charge is 0.349 e. The number of benzene rings is 2. The first-order chi connectivity index (χ1) is 11.8. The summed E-state index contributed by atoms with van der Waals surface area (Å²) in [6.07, 6.45) is -4.48. The van der Waals surface area contributed by atoms with Crippen LogP contribution in [0.4, 0.5) is 13.2 Å². The number of rotatable bonds is 6. The van der Waals surface area contributed by atoms with Gasteiger partial charge in [0.2, 0.25) is 5.91 Å². The van der Waals surface area contributed by atoms with E-state index in [0.717, 1.165) is 22.6 Å². The van der Waals surface area contributed by atoms with Crippen LogP contribution in [0.15, 0.2) is 54.6 Å². The van der Waals surface area contributed by atoms with Crippen LogP contribution >= 0.6 is 0 Å². The van der Waals surface area contributed by atoms with Crippen LogP contribution in [0.2, 0.25) is 0 Å². The zero-order chi connectivity index (χ0) is 18.4. The number of likely N-dealkylation sites (N-methyl/N-ethyl adjacent to an activating group) is 1. The minimum Gasteiger partial charge on any atom is -0.349 e. The monoisotopic (exact) mass is 351 g/mol. The Morgan fingerprint density at radius 3 is 2.36 bits per heavy atom. The topological polar surface area (TPSA) is 33.5 Å². The van der Waals surface area contributed by atoms with E-state index in [4.69, 9.17) is 0 Å². The molecule has 0 aliphatic carbocycles. The molecule has 0 saturated heterocycles. The molecule has 0 bridgehead atoms. The van der Waals surface area contributed by atoms with Crippen LogP contribution in [0.3, 0.4) is 0 Å². The molecule has 2 aromatic rings. The summed E-state index contributed by atoms with van der Waals surface area (Å²) in [4.78, 5) is 13.3. The van der Waals surface area contributed by atoms with Gasteiger partial charge in [-0.3, -0.25) is 4.79 Å². The number of amides is 1. The number of nitrogens with one attached hydrogen (secondary N) is 2. The molecule has 0 spiro atoms. The lowest BCUT2D eigenvalue weighted by Gasteiger charge is -2.22. The highest BCUT2D eigenvalue weighted by Gasteiger charge is 2.30. The van der Waals surface area contributed by atoms with Crippen LogP contribution < -0.4 is 10.2 Å². The largest absolute Gasteiger partial charge is 0.416 e. The van der Waals surface area contributed by atoms with E-state index in [2.05, 4.69) is 5.32 Å². The van der Waals surface area contributed by atoms with Gasteiger partial charge in [0, 0.05) is 5.56 Å². The van der Waals surface area contributed by atoms with Gasteiger partial charge in [-0.15, -0.1) is 0 Å². The molecule has 2 N–H and O–H groups in total. The number of hydrogen-bond donors (Lipinski definition) is 2. The van der Waals surface area contributed by atoms with Gasteiger partial charge in [-0.1, -0.05) is 48.5 Å². The van der Waals surface area contributed by atoms with E-state index < -0.39 is 11.7 Å². The summed E-state index contributed by atoms with van der Waals surface area (Å²) < 4.78 is 38.2. The highest BCUT2D eigenvalue weighted by Crippen LogP contribution is 2.29. The van der Waals surface area contributed by atoms with Crippen LogP contribution in [0.5, 0.6) is 0 Å². The summed E-state index contributed by atoms with van der Waals surface area (Å²) in [5.74, 6) is -0.290. The lowest BCUT2D eigenvalue weighted by atomic mass is 10.1. The molecule has 0 saturated carbocycles. The number of hydrogen-bond acceptors (Lipinski definition) is 1. The Morgan fingerprint density at radius 2 is 1.76 bits per heavy atom. The van der Waals surface area contributed by atoms with Crippen LogP contribution in [-0.2, 0) is 17.4 Å². The SMILES string of the molecule is C[NH+](C)[C@@H](CNC(=O)Cc1cccc(C(F)(F)F)c1)c1ccccc1. The quantitative estimate of drug-likeness (QED) is 0.822. The molecule has 25 heavy (non-hydrogen) atoms. The number of carbonyl (C=O) groups is 1. The fraction of sp³-hybridized carbons (Fsp3) is 0.316. The molecule has 0 fully saturated rings. The molecule has 0 unspecified atom stereocenters. The second-order valence-electron chi connectivity index (χ2n) is 6.22. The molecular weight excluding hydrogens is 329 g/mol. The van der Waals surface area contributed by atoms with Crippen LogP contribution in [0, 0.1) is 0 Å². The van der Waals surface area contributed by atoms with Crippen molar-refractivity contribution in [2.45, 2.75) is 18.6 Å². The third kappa shape index (κ3) is 5.60. The van der Waals surface area contributed by atoms with Crippen molar-refractivity contribution in [2.24, 2.45) is 0 Å². The molecule has 6 heteroatoms. The van der Waals surface area contributed by atoms with Gasteiger partial charge in [0.05, 0.1) is 32.6 Å². The fourth-order valence-electron chi connectivity index (χ4n) is 2.66. The predicted molar refractivity (Wildman–Crippen MR) is 90.2 cm³/mol. The maximum absolute atomic E-state index is 12.7. The lowest BCUT2D eigenvalue weighted by molar-refractivity contribution is -0.890. The highest BCUT2D eigenvalue weighted by molar-refractivity contribution is 5.78. The zero-order valence-electron chi connectivity index (χ0n) is 14.2. The summed E-state index contributed by atoms with van der Waals surface area (Å²) in [5.41, 5.74) is 0.709. The Balaban J connectivity index is 1.98. The number of alkyl halides is 3. The van der Waals surface area contributed by atoms with Gasteiger partial charge in [0.25, 0.3) is 0 Å². The molecule has 0 aliphatic rings. The second kappa shape index (κ2) is 8.16. The first-order valence-electron chi connectivity index (χ1n) is 8.05. The van der Waals surface area contributed by atoms with E-state index >= 15 is 0 Å². The summed E-state index contributed by atoms with van der Waals surface area (Å²) in [5, 5.41) is 2.83. The molecule has 0 aliphatic heterocycles. The first-order valence-corrected chi connectivity index (χ1v) is 8.05. The van der Waals surface area contributed by atoms with Gasteiger partial charge >= 0.3 is 6.18 Å². The molecule has 134 valence electrons. The van der Waals surface area contributed by atoms with E-state index in [9.17, 15) is 18.0 Å². The van der Waals surface area contributed by atoms with Gasteiger partial charge < -0.3 is 10.2 Å². The van der Waals surface area contributed by atoms with E-state index in [1.165, 1.54) is 12.1 Å². The highest BCUT2D eigenvalue weighted by atomic mass is 19.4. The van der Waals surface area contributed by atoms with Crippen LogP contribution in [-0.4, -0.2) is 26.5 Å². The average Bonchev–Trinajstić information content (AvgIpc) is 2.55. The average molecular weight is 351 g/mol. The Bertz CT molecular complexity index is 699. The van der Waals surface area contributed by atoms with Crippen molar-refractivity contribution in [3.05, 3.63) is 71.3 Å². The Morgan fingerprint density at radius 1 is 1.08 bits per heavy atom. The number of halogens is 3. The third-order valence-electron chi connectivity index (χ3n) is 4.02. The van der Waals surface area contributed by atoms with Crippen molar-refractivity contribution in [3.8, 4) is 0 Å². The predicted octanol–water partition coefficient (Wildman–Crippen LogP) is 2.25. The minimum atomic E-state index is -4.40. The van der Waals surface area contributed by atoms with Crippen LogP contribution in [0.1, 0.15) is 22.7 Å². The third-order valence-corrected chi connectivity index (χ3v) is 4.02. The summed E-state index contributed by atoms with van der Waals surface area (Å²) in [6, 6.07) is 14.7. The Kier molecular flexibility index (Phi) is 6.20. The molecule has 2 rings (SSSR count). The standard InChI is InChI=1S/C19H21F3N2O/c1-24(2)17(15-8-4-3-5-9-15)13-23-18(25)12-14-7-6-10-16(11-14)19(20,21)22/h3-11,17H,12-13H2,1-2H3,(H,23,25)/p+1/t17-/m0/s1. The zero-order valence-corrected chi connectivity index (χ0v) is 14.2. The van der Waals surface area contributed by atoms with Crippen molar-refractivity contribution in [2.75, 3.05) is 20.6 Å². The number of quaternary nitrogens is 1. The van der Waals surface area contributed by atoms with Gasteiger partial charge in [-0.25, -0.2) is 0 Å². The van der Waals surface area contributed by atoms with Crippen molar-refractivity contribution < 1.29 is 22.9 Å². The Labute approximate surface area is 145 Å². The van der Waals surface area contributed by atoms with Crippen LogP contribution in [0.25, 0.3) is 0 Å². The minimum absolute atomic E-state index is 0.0752. The molecule has 0 radical (unpaired) electrons. The van der Waals surface area contributed by atoms with Crippen molar-refractivity contribution >= 4 is 5.91 Å². The molecule has 1 atom stereocenters.